The van der Waals surface area contributed by atoms with E-state index in [4.69, 9.17) is 4.74 Å². The first-order valence-electron chi connectivity index (χ1n) is 11.3. The van der Waals surface area contributed by atoms with E-state index in [0.29, 0.717) is 30.3 Å². The predicted molar refractivity (Wildman–Crippen MR) is 123 cm³/mol. The summed E-state index contributed by atoms with van der Waals surface area (Å²) in [6.07, 6.45) is 9.19. The van der Waals surface area contributed by atoms with Crippen LogP contribution in [-0.4, -0.2) is 65.0 Å². The van der Waals surface area contributed by atoms with Crippen LogP contribution in [0.2, 0.25) is 0 Å². The molecule has 8 nitrogen and oxygen atoms in total. The van der Waals surface area contributed by atoms with Gasteiger partial charge in [0.15, 0.2) is 11.6 Å². The van der Waals surface area contributed by atoms with Crippen molar-refractivity contribution in [3.63, 3.8) is 0 Å². The van der Waals surface area contributed by atoms with E-state index in [2.05, 4.69) is 29.0 Å². The Hall–Kier alpha value is -2.87. The fourth-order valence-corrected chi connectivity index (χ4v) is 4.57. The number of aromatic nitrogens is 1. The number of allylic oxidation sites excluding steroid dienone is 1. The summed E-state index contributed by atoms with van der Waals surface area (Å²) in [4.78, 5) is 36.0. The molecular formula is C24H33N5O3. The summed E-state index contributed by atoms with van der Waals surface area (Å²) < 4.78 is 5.89. The molecule has 0 saturated carbocycles. The van der Waals surface area contributed by atoms with E-state index in [1.54, 1.807) is 11.1 Å². The summed E-state index contributed by atoms with van der Waals surface area (Å²) >= 11 is 0. The molecule has 0 spiro atoms. The second-order valence-electron chi connectivity index (χ2n) is 9.46. The van der Waals surface area contributed by atoms with Crippen LogP contribution in [0.1, 0.15) is 50.9 Å². The molecule has 0 aliphatic carbocycles. The van der Waals surface area contributed by atoms with Crippen LogP contribution in [0.15, 0.2) is 36.3 Å². The van der Waals surface area contributed by atoms with Crippen LogP contribution in [0.5, 0.6) is 5.75 Å². The smallest absolute Gasteiger partial charge is 0.256 e. The van der Waals surface area contributed by atoms with Gasteiger partial charge in [0, 0.05) is 36.1 Å². The molecule has 1 saturated heterocycles. The van der Waals surface area contributed by atoms with Gasteiger partial charge in [0.25, 0.3) is 5.91 Å². The van der Waals surface area contributed by atoms with Crippen LogP contribution in [-0.2, 0) is 4.79 Å². The Bertz CT molecular complexity index is 968. The lowest BCUT2D eigenvalue weighted by Crippen LogP contribution is -2.47. The molecule has 2 amide bonds. The van der Waals surface area contributed by atoms with Crippen LogP contribution in [0.4, 0.5) is 5.82 Å². The van der Waals surface area contributed by atoms with E-state index in [1.807, 2.05) is 50.2 Å². The second-order valence-corrected chi connectivity index (χ2v) is 9.46. The van der Waals surface area contributed by atoms with Gasteiger partial charge < -0.3 is 14.5 Å². The number of anilines is 1. The van der Waals surface area contributed by atoms with E-state index in [0.717, 1.165) is 25.1 Å². The Morgan fingerprint density at radius 3 is 2.72 bits per heavy atom. The van der Waals surface area contributed by atoms with Crippen molar-refractivity contribution in [2.45, 2.75) is 52.2 Å². The maximum absolute atomic E-state index is 13.1. The molecule has 172 valence electrons. The van der Waals surface area contributed by atoms with Crippen LogP contribution in [0, 0.1) is 5.92 Å². The zero-order chi connectivity index (χ0) is 23.0. The van der Waals surface area contributed by atoms with Gasteiger partial charge in [-0.2, -0.15) is 0 Å². The first kappa shape index (κ1) is 22.3. The number of hydrogen-bond donors (Lipinski definition) is 1. The number of hydrogen-bond acceptors (Lipinski definition) is 6. The van der Waals surface area contributed by atoms with Gasteiger partial charge in [-0.15, -0.1) is 0 Å². The van der Waals surface area contributed by atoms with Crippen molar-refractivity contribution >= 4 is 17.6 Å². The lowest BCUT2D eigenvalue weighted by atomic mass is 10.0. The highest BCUT2D eigenvalue weighted by atomic mass is 16.5. The van der Waals surface area contributed by atoms with Gasteiger partial charge in [-0.3, -0.25) is 19.8 Å². The molecule has 0 radical (unpaired) electrons. The monoisotopic (exact) mass is 439 g/mol. The third-order valence-electron chi connectivity index (χ3n) is 6.44. The molecule has 1 fully saturated rings. The lowest BCUT2D eigenvalue weighted by molar-refractivity contribution is -0.133. The zero-order valence-electron chi connectivity index (χ0n) is 19.6. The third-order valence-corrected chi connectivity index (χ3v) is 6.44. The fourth-order valence-electron chi connectivity index (χ4n) is 4.57. The molecule has 32 heavy (non-hydrogen) atoms. The Kier molecular flexibility index (Phi) is 5.99. The molecule has 1 unspecified atom stereocenters. The van der Waals surface area contributed by atoms with Gasteiger partial charge in [0.1, 0.15) is 12.8 Å². The van der Waals surface area contributed by atoms with Crippen LogP contribution >= 0.6 is 0 Å². The number of rotatable bonds is 4. The van der Waals surface area contributed by atoms with E-state index in [1.165, 1.54) is 0 Å². The number of ether oxygens (including phenoxy) is 1. The third kappa shape index (κ3) is 3.99. The van der Waals surface area contributed by atoms with Gasteiger partial charge in [-0.1, -0.05) is 13.8 Å². The van der Waals surface area contributed by atoms with Gasteiger partial charge in [0.2, 0.25) is 5.91 Å². The van der Waals surface area contributed by atoms with Crippen molar-refractivity contribution < 1.29 is 14.3 Å². The zero-order valence-corrected chi connectivity index (χ0v) is 19.6. The number of pyridine rings is 1. The summed E-state index contributed by atoms with van der Waals surface area (Å²) in [5.41, 5.74) is 1.35. The molecule has 8 heteroatoms. The highest BCUT2D eigenvalue weighted by Crippen LogP contribution is 2.35. The molecule has 1 atom stereocenters. The quantitative estimate of drug-likeness (QED) is 0.777. The number of amides is 2. The molecular weight excluding hydrogens is 406 g/mol. The van der Waals surface area contributed by atoms with Crippen molar-refractivity contribution in [1.82, 2.24) is 20.1 Å². The topological polar surface area (TPSA) is 78.0 Å². The van der Waals surface area contributed by atoms with Crippen molar-refractivity contribution in [2.24, 2.45) is 5.92 Å². The molecule has 0 bridgehead atoms. The molecule has 4 heterocycles. The highest BCUT2D eigenvalue weighted by Gasteiger charge is 2.36. The minimum atomic E-state index is -0.241. The van der Waals surface area contributed by atoms with Gasteiger partial charge in [-0.05, 0) is 52.0 Å². The molecule has 1 aromatic rings. The number of carbonyl (C=O) groups is 2. The van der Waals surface area contributed by atoms with Crippen LogP contribution in [0.3, 0.4) is 0 Å². The molecule has 1 aromatic heterocycles. The maximum Gasteiger partial charge on any atom is 0.256 e. The van der Waals surface area contributed by atoms with Crippen LogP contribution < -0.4 is 15.0 Å². The van der Waals surface area contributed by atoms with E-state index in [-0.39, 0.29) is 29.4 Å². The Morgan fingerprint density at radius 1 is 1.28 bits per heavy atom. The summed E-state index contributed by atoms with van der Waals surface area (Å²) in [6.45, 7) is 9.90. The standard InChI is InChI=1S/C24H33N5O3/c1-16(2)22(30)28-10-7-18(14-20(28)25-5)27-11-12-32-19-13-17(15-26-21(19)27)23(31)29-9-6-8-24(29,3)4/h7,10,13-16,20,25H,6,8-9,11-12H2,1-5H3. The minimum Gasteiger partial charge on any atom is -0.488 e. The number of carbonyl (C=O) groups excluding carboxylic acids is 2. The van der Waals surface area contributed by atoms with Crippen LogP contribution in [0.25, 0.3) is 0 Å². The largest absolute Gasteiger partial charge is 0.488 e. The fraction of sp³-hybridized carbons (Fsp3) is 0.542. The lowest BCUT2D eigenvalue weighted by Gasteiger charge is -2.36. The number of fused-ring (bicyclic) bond motifs is 1. The average Bonchev–Trinajstić information content (AvgIpc) is 3.15. The summed E-state index contributed by atoms with van der Waals surface area (Å²) in [7, 11) is 1.84. The number of nitrogens with zero attached hydrogens (tertiary/aromatic N) is 4. The van der Waals surface area contributed by atoms with Gasteiger partial charge in [0.05, 0.1) is 12.1 Å². The number of likely N-dealkylation sites (N-methyl/N-ethyl adjacent to an activating group) is 1. The van der Waals surface area contributed by atoms with E-state index >= 15 is 0 Å². The minimum absolute atomic E-state index is 0.00149. The van der Waals surface area contributed by atoms with Crippen molar-refractivity contribution in [2.75, 3.05) is 31.6 Å². The van der Waals surface area contributed by atoms with Crippen molar-refractivity contribution in [1.29, 1.82) is 0 Å². The molecule has 3 aliphatic heterocycles. The molecule has 3 aliphatic rings. The molecule has 0 aromatic carbocycles. The molecule has 1 N–H and O–H groups in total. The van der Waals surface area contributed by atoms with Crippen molar-refractivity contribution in [3.05, 3.63) is 41.9 Å². The van der Waals surface area contributed by atoms with Gasteiger partial charge in [-0.25, -0.2) is 4.98 Å². The Labute approximate surface area is 189 Å². The summed E-state index contributed by atoms with van der Waals surface area (Å²) in [5.74, 6) is 1.26. The summed E-state index contributed by atoms with van der Waals surface area (Å²) in [5, 5.41) is 3.19. The number of nitrogens with one attached hydrogen (secondary N) is 1. The van der Waals surface area contributed by atoms with Gasteiger partial charge >= 0.3 is 0 Å². The predicted octanol–water partition coefficient (Wildman–Crippen LogP) is 2.74. The Balaban J connectivity index is 1.59. The highest BCUT2D eigenvalue weighted by molar-refractivity contribution is 5.95. The normalized spacial score (nSPS) is 22.0. The Morgan fingerprint density at radius 2 is 2.06 bits per heavy atom. The summed E-state index contributed by atoms with van der Waals surface area (Å²) in [6, 6.07) is 1.81. The maximum atomic E-state index is 13.1. The van der Waals surface area contributed by atoms with Crippen molar-refractivity contribution in [3.8, 4) is 5.75 Å². The second kappa shape index (κ2) is 8.58. The SMILES string of the molecule is CNC1C=C(N2CCOc3cc(C(=O)N4CCCC4(C)C)cnc32)C=CN1C(=O)C(C)C. The first-order chi connectivity index (χ1) is 15.2. The van der Waals surface area contributed by atoms with E-state index in [9.17, 15) is 9.59 Å². The molecule has 4 rings (SSSR count). The van der Waals surface area contributed by atoms with E-state index < -0.39 is 0 Å². The number of likely N-dealkylation sites (tertiary alicyclic amines) is 1. The average molecular weight is 440 g/mol. The first-order valence-corrected chi connectivity index (χ1v) is 11.3.